The van der Waals surface area contributed by atoms with E-state index in [1.54, 1.807) is 0 Å². The van der Waals surface area contributed by atoms with Gasteiger partial charge in [-0.3, -0.25) is 4.90 Å². The van der Waals surface area contributed by atoms with E-state index in [4.69, 9.17) is 5.73 Å². The van der Waals surface area contributed by atoms with Crippen molar-refractivity contribution in [3.8, 4) is 0 Å². The van der Waals surface area contributed by atoms with Crippen molar-refractivity contribution in [2.45, 2.75) is 39.3 Å². The summed E-state index contributed by atoms with van der Waals surface area (Å²) in [5, 5.41) is 0. The number of hydrogen-bond acceptors (Lipinski definition) is 2. The Kier molecular flexibility index (Phi) is 6.23. The van der Waals surface area contributed by atoms with Crippen LogP contribution in [-0.2, 0) is 6.54 Å². The minimum Gasteiger partial charge on any atom is -0.329 e. The second-order valence-corrected chi connectivity index (χ2v) is 4.78. The molecule has 2 heteroatoms. The first-order valence-corrected chi connectivity index (χ1v) is 6.67. The third-order valence-corrected chi connectivity index (χ3v) is 3.68. The molecule has 2 N–H and O–H groups in total. The van der Waals surface area contributed by atoms with Crippen LogP contribution in [0.15, 0.2) is 30.3 Å². The molecule has 1 unspecified atom stereocenters. The lowest BCUT2D eigenvalue weighted by Crippen LogP contribution is -2.42. The fraction of sp³-hybridized carbons (Fsp3) is 0.600. The summed E-state index contributed by atoms with van der Waals surface area (Å²) in [6, 6.07) is 11.1. The van der Waals surface area contributed by atoms with Crippen LogP contribution < -0.4 is 5.73 Å². The molecule has 0 spiro atoms. The summed E-state index contributed by atoms with van der Waals surface area (Å²) in [4.78, 5) is 2.40. The van der Waals surface area contributed by atoms with E-state index in [2.05, 4.69) is 56.1 Å². The first kappa shape index (κ1) is 14.2. The Morgan fingerprint density at radius 1 is 1.12 bits per heavy atom. The molecule has 0 radical (unpaired) electrons. The van der Waals surface area contributed by atoms with Gasteiger partial charge in [-0.15, -0.1) is 0 Å². The van der Waals surface area contributed by atoms with Crippen molar-refractivity contribution in [3.05, 3.63) is 35.9 Å². The Hall–Kier alpha value is -0.860. The van der Waals surface area contributed by atoms with E-state index in [-0.39, 0.29) is 0 Å². The molecular weight excluding hydrogens is 208 g/mol. The van der Waals surface area contributed by atoms with Crippen molar-refractivity contribution in [2.24, 2.45) is 11.7 Å². The number of benzene rings is 1. The van der Waals surface area contributed by atoms with Crippen LogP contribution in [0, 0.1) is 5.92 Å². The van der Waals surface area contributed by atoms with Gasteiger partial charge < -0.3 is 5.73 Å². The summed E-state index contributed by atoms with van der Waals surface area (Å²) >= 11 is 0. The highest BCUT2D eigenvalue weighted by atomic mass is 15.1. The van der Waals surface area contributed by atoms with Crippen molar-refractivity contribution >= 4 is 0 Å². The lowest BCUT2D eigenvalue weighted by Gasteiger charge is -2.33. The Bertz CT molecular complexity index is 293. The quantitative estimate of drug-likeness (QED) is 0.786. The van der Waals surface area contributed by atoms with E-state index in [0.717, 1.165) is 13.1 Å². The molecule has 1 aromatic rings. The molecule has 0 aliphatic heterocycles. The summed E-state index contributed by atoms with van der Waals surface area (Å²) < 4.78 is 0. The Balaban J connectivity index is 2.63. The van der Waals surface area contributed by atoms with Crippen LogP contribution in [0.4, 0.5) is 0 Å². The zero-order chi connectivity index (χ0) is 12.7. The maximum Gasteiger partial charge on any atom is 0.0246 e. The molecule has 0 aliphatic carbocycles. The van der Waals surface area contributed by atoms with Crippen LogP contribution in [-0.4, -0.2) is 24.5 Å². The number of nitrogens with zero attached hydrogens (tertiary/aromatic N) is 1. The molecule has 0 bridgehead atoms. The highest BCUT2D eigenvalue weighted by Gasteiger charge is 2.21. The Labute approximate surface area is 106 Å². The number of likely N-dealkylation sites (N-methyl/N-ethyl adjacent to an activating group) is 1. The van der Waals surface area contributed by atoms with Crippen LogP contribution >= 0.6 is 0 Å². The van der Waals surface area contributed by atoms with E-state index in [9.17, 15) is 0 Å². The van der Waals surface area contributed by atoms with Crippen molar-refractivity contribution in [1.29, 1.82) is 0 Å². The highest BCUT2D eigenvalue weighted by Crippen LogP contribution is 2.18. The van der Waals surface area contributed by atoms with Crippen molar-refractivity contribution in [2.75, 3.05) is 13.6 Å². The fourth-order valence-corrected chi connectivity index (χ4v) is 2.55. The van der Waals surface area contributed by atoms with Gasteiger partial charge in [-0.1, -0.05) is 57.0 Å². The lowest BCUT2D eigenvalue weighted by molar-refractivity contribution is 0.165. The third-order valence-electron chi connectivity index (χ3n) is 3.68. The van der Waals surface area contributed by atoms with Gasteiger partial charge in [0.1, 0.15) is 0 Å². The van der Waals surface area contributed by atoms with Crippen LogP contribution in [0.1, 0.15) is 32.3 Å². The smallest absolute Gasteiger partial charge is 0.0246 e. The summed E-state index contributed by atoms with van der Waals surface area (Å²) in [5.41, 5.74) is 7.30. The van der Waals surface area contributed by atoms with Gasteiger partial charge in [0, 0.05) is 19.1 Å². The van der Waals surface area contributed by atoms with E-state index in [1.807, 2.05) is 0 Å². The minimum atomic E-state index is 0.491. The largest absolute Gasteiger partial charge is 0.329 e. The molecule has 2 nitrogen and oxygen atoms in total. The molecule has 1 rings (SSSR count). The van der Waals surface area contributed by atoms with E-state index >= 15 is 0 Å². The van der Waals surface area contributed by atoms with Crippen molar-refractivity contribution in [3.63, 3.8) is 0 Å². The zero-order valence-corrected chi connectivity index (χ0v) is 11.4. The fourth-order valence-electron chi connectivity index (χ4n) is 2.55. The highest BCUT2D eigenvalue weighted by molar-refractivity contribution is 5.14. The standard InChI is InChI=1S/C15H26N2/c1-4-14(5-2)15(11-16)17(3)12-13-9-7-6-8-10-13/h6-10,14-15H,4-5,11-12,16H2,1-3H3. The van der Waals surface area contributed by atoms with Gasteiger partial charge in [0.25, 0.3) is 0 Å². The molecule has 1 aromatic carbocycles. The first-order chi connectivity index (χ1) is 8.22. The topological polar surface area (TPSA) is 29.3 Å². The van der Waals surface area contributed by atoms with Crippen LogP contribution in [0.25, 0.3) is 0 Å². The zero-order valence-electron chi connectivity index (χ0n) is 11.4. The van der Waals surface area contributed by atoms with Crippen LogP contribution in [0.3, 0.4) is 0 Å². The SMILES string of the molecule is CCC(CC)C(CN)N(C)Cc1ccccc1. The monoisotopic (exact) mass is 234 g/mol. The minimum absolute atomic E-state index is 0.491. The number of hydrogen-bond donors (Lipinski definition) is 1. The average molecular weight is 234 g/mol. The van der Waals surface area contributed by atoms with Crippen LogP contribution in [0.2, 0.25) is 0 Å². The maximum absolute atomic E-state index is 5.94. The van der Waals surface area contributed by atoms with Gasteiger partial charge >= 0.3 is 0 Å². The van der Waals surface area contributed by atoms with Crippen LogP contribution in [0.5, 0.6) is 0 Å². The molecule has 0 heterocycles. The van der Waals surface area contributed by atoms with Gasteiger partial charge in [0.15, 0.2) is 0 Å². The third kappa shape index (κ3) is 4.14. The van der Waals surface area contributed by atoms with Gasteiger partial charge in [-0.05, 0) is 18.5 Å². The maximum atomic E-state index is 5.94. The Morgan fingerprint density at radius 3 is 2.18 bits per heavy atom. The molecule has 0 aliphatic rings. The second kappa shape index (κ2) is 7.46. The summed E-state index contributed by atoms with van der Waals surface area (Å²) in [5.74, 6) is 0.703. The van der Waals surface area contributed by atoms with E-state index < -0.39 is 0 Å². The normalized spacial score (nSPS) is 13.3. The first-order valence-electron chi connectivity index (χ1n) is 6.67. The van der Waals surface area contributed by atoms with E-state index in [0.29, 0.717) is 12.0 Å². The number of rotatable bonds is 7. The molecular formula is C15H26N2. The molecule has 0 aromatic heterocycles. The molecule has 0 saturated heterocycles. The predicted molar refractivity (Wildman–Crippen MR) is 74.8 cm³/mol. The van der Waals surface area contributed by atoms with Gasteiger partial charge in [0.05, 0.1) is 0 Å². The Morgan fingerprint density at radius 2 is 1.71 bits per heavy atom. The molecule has 0 saturated carbocycles. The van der Waals surface area contributed by atoms with Crippen molar-refractivity contribution in [1.82, 2.24) is 4.90 Å². The number of nitrogens with two attached hydrogens (primary N) is 1. The summed E-state index contributed by atoms with van der Waals surface area (Å²) in [6.07, 6.45) is 2.41. The average Bonchev–Trinajstić information content (AvgIpc) is 2.36. The summed E-state index contributed by atoms with van der Waals surface area (Å²) in [6.45, 7) is 6.25. The lowest BCUT2D eigenvalue weighted by atomic mass is 9.93. The summed E-state index contributed by atoms with van der Waals surface area (Å²) in [7, 11) is 2.18. The van der Waals surface area contributed by atoms with E-state index in [1.165, 1.54) is 18.4 Å². The predicted octanol–water partition coefficient (Wildman–Crippen LogP) is 2.88. The van der Waals surface area contributed by atoms with Gasteiger partial charge in [-0.2, -0.15) is 0 Å². The molecule has 17 heavy (non-hydrogen) atoms. The molecule has 0 amide bonds. The van der Waals surface area contributed by atoms with Crippen molar-refractivity contribution < 1.29 is 0 Å². The molecule has 1 atom stereocenters. The van der Waals surface area contributed by atoms with Gasteiger partial charge in [0.2, 0.25) is 0 Å². The van der Waals surface area contributed by atoms with Gasteiger partial charge in [-0.25, -0.2) is 0 Å². The molecule has 96 valence electrons. The molecule has 0 fully saturated rings. The second-order valence-electron chi connectivity index (χ2n) is 4.78.